The van der Waals surface area contributed by atoms with Gasteiger partial charge in [0.2, 0.25) is 6.10 Å². The van der Waals surface area contributed by atoms with Crippen LogP contribution in [0.4, 0.5) is 4.79 Å². The van der Waals surface area contributed by atoms with Crippen molar-refractivity contribution in [2.45, 2.75) is 56.4 Å². The Labute approximate surface area is 138 Å². The standard InChI is InChI=1S/C13H21ClO5S2/c1-3-17-12(15)11(19-13(16)18-9(2)14)6-4-5-10-7-8-20-21-10/h9-11H,3-8H2,1-2H3. The van der Waals surface area contributed by atoms with Gasteiger partial charge in [-0.2, -0.15) is 0 Å². The highest BCUT2D eigenvalue weighted by Crippen LogP contribution is 2.39. The molecule has 122 valence electrons. The fourth-order valence-corrected chi connectivity index (χ4v) is 4.93. The van der Waals surface area contributed by atoms with Gasteiger partial charge in [0.25, 0.3) is 0 Å². The maximum atomic E-state index is 11.8. The lowest BCUT2D eigenvalue weighted by Gasteiger charge is -2.17. The second-order valence-electron chi connectivity index (χ2n) is 4.53. The lowest BCUT2D eigenvalue weighted by Crippen LogP contribution is -2.30. The van der Waals surface area contributed by atoms with Crippen LogP contribution in [0.15, 0.2) is 0 Å². The molecule has 8 heteroatoms. The number of carbonyl (C=O) groups excluding carboxylic acids is 2. The van der Waals surface area contributed by atoms with Crippen LogP contribution in [0.25, 0.3) is 0 Å². The van der Waals surface area contributed by atoms with Crippen LogP contribution < -0.4 is 0 Å². The zero-order valence-electron chi connectivity index (χ0n) is 12.2. The third-order valence-electron chi connectivity index (χ3n) is 2.77. The van der Waals surface area contributed by atoms with E-state index < -0.39 is 23.8 Å². The lowest BCUT2D eigenvalue weighted by atomic mass is 10.1. The minimum Gasteiger partial charge on any atom is -0.463 e. The predicted octanol–water partition coefficient (Wildman–Crippen LogP) is 3.98. The molecule has 0 aromatic carbocycles. The minimum atomic E-state index is -0.943. The van der Waals surface area contributed by atoms with E-state index >= 15 is 0 Å². The van der Waals surface area contributed by atoms with E-state index in [4.69, 9.17) is 21.1 Å². The summed E-state index contributed by atoms with van der Waals surface area (Å²) >= 11 is 5.54. The van der Waals surface area contributed by atoms with Crippen molar-refractivity contribution >= 4 is 45.3 Å². The number of hydrogen-bond acceptors (Lipinski definition) is 7. The molecule has 0 amide bonds. The van der Waals surface area contributed by atoms with Gasteiger partial charge in [0.15, 0.2) is 5.56 Å². The largest absolute Gasteiger partial charge is 0.510 e. The molecule has 5 nitrogen and oxygen atoms in total. The molecule has 3 atom stereocenters. The Hall–Kier alpha value is -0.270. The number of hydrogen-bond donors (Lipinski definition) is 0. The molecule has 0 aromatic rings. The van der Waals surface area contributed by atoms with Gasteiger partial charge in [-0.3, -0.25) is 0 Å². The predicted molar refractivity (Wildman–Crippen MR) is 85.6 cm³/mol. The SMILES string of the molecule is CCOC(=O)C(CCCC1CCSS1)OC(=O)OC(C)Cl. The Balaban J connectivity index is 2.39. The van der Waals surface area contributed by atoms with Crippen LogP contribution in [0.3, 0.4) is 0 Å². The van der Waals surface area contributed by atoms with Crippen molar-refractivity contribution in [2.24, 2.45) is 0 Å². The maximum Gasteiger partial charge on any atom is 0.510 e. The Kier molecular flexibility index (Phi) is 9.35. The summed E-state index contributed by atoms with van der Waals surface area (Å²) in [5, 5.41) is 0.618. The average Bonchev–Trinajstić information content (AvgIpc) is 2.90. The molecule has 0 aromatic heterocycles. The van der Waals surface area contributed by atoms with Gasteiger partial charge in [0.05, 0.1) is 6.61 Å². The Morgan fingerprint density at radius 3 is 2.71 bits per heavy atom. The molecule has 1 saturated heterocycles. The topological polar surface area (TPSA) is 61.8 Å². The Morgan fingerprint density at radius 1 is 1.38 bits per heavy atom. The number of halogens is 1. The number of ether oxygens (including phenoxy) is 3. The van der Waals surface area contributed by atoms with Crippen LogP contribution >= 0.6 is 33.2 Å². The first-order chi connectivity index (χ1) is 10.0. The van der Waals surface area contributed by atoms with Crippen molar-refractivity contribution in [2.75, 3.05) is 12.4 Å². The molecule has 3 unspecified atom stereocenters. The smallest absolute Gasteiger partial charge is 0.463 e. The molecule has 21 heavy (non-hydrogen) atoms. The molecule has 0 aliphatic carbocycles. The fraction of sp³-hybridized carbons (Fsp3) is 0.846. The summed E-state index contributed by atoms with van der Waals surface area (Å²) in [6.07, 6.45) is 1.55. The zero-order valence-corrected chi connectivity index (χ0v) is 14.6. The molecule has 0 bridgehead atoms. The first-order valence-electron chi connectivity index (χ1n) is 6.99. The molecule has 1 aliphatic heterocycles. The van der Waals surface area contributed by atoms with E-state index in [0.717, 1.165) is 12.8 Å². The molecular weight excluding hydrogens is 336 g/mol. The van der Waals surface area contributed by atoms with E-state index in [2.05, 4.69) is 4.74 Å². The van der Waals surface area contributed by atoms with Gasteiger partial charge >= 0.3 is 12.1 Å². The molecule has 1 aliphatic rings. The van der Waals surface area contributed by atoms with Gasteiger partial charge < -0.3 is 14.2 Å². The van der Waals surface area contributed by atoms with E-state index in [1.54, 1.807) is 6.92 Å². The Morgan fingerprint density at radius 2 is 2.14 bits per heavy atom. The number of alkyl halides is 1. The molecule has 0 spiro atoms. The Bertz CT molecular complexity index is 335. The average molecular weight is 357 g/mol. The van der Waals surface area contributed by atoms with Crippen molar-refractivity contribution in [1.82, 2.24) is 0 Å². The van der Waals surface area contributed by atoms with E-state index in [9.17, 15) is 9.59 Å². The monoisotopic (exact) mass is 356 g/mol. The summed E-state index contributed by atoms with van der Waals surface area (Å²) in [5.41, 5.74) is -0.799. The van der Waals surface area contributed by atoms with Crippen molar-refractivity contribution in [3.63, 3.8) is 0 Å². The van der Waals surface area contributed by atoms with Crippen LogP contribution in [0.1, 0.15) is 39.5 Å². The molecule has 1 fully saturated rings. The van der Waals surface area contributed by atoms with E-state index in [1.165, 1.54) is 19.1 Å². The summed E-state index contributed by atoms with van der Waals surface area (Å²) in [5.74, 6) is 0.637. The highest BCUT2D eigenvalue weighted by molar-refractivity contribution is 8.77. The van der Waals surface area contributed by atoms with Crippen molar-refractivity contribution in [3.8, 4) is 0 Å². The van der Waals surface area contributed by atoms with E-state index in [1.807, 2.05) is 21.6 Å². The van der Waals surface area contributed by atoms with Crippen LogP contribution in [0.5, 0.6) is 0 Å². The normalized spacial score (nSPS) is 20.6. The van der Waals surface area contributed by atoms with Crippen molar-refractivity contribution < 1.29 is 23.8 Å². The summed E-state index contributed by atoms with van der Waals surface area (Å²) in [7, 11) is 3.76. The molecule has 0 radical (unpaired) electrons. The van der Waals surface area contributed by atoms with Crippen molar-refractivity contribution in [1.29, 1.82) is 0 Å². The second-order valence-corrected chi connectivity index (χ2v) is 7.93. The molecule has 1 heterocycles. The van der Waals surface area contributed by atoms with Gasteiger partial charge in [0.1, 0.15) is 0 Å². The van der Waals surface area contributed by atoms with E-state index in [0.29, 0.717) is 11.7 Å². The maximum absolute atomic E-state index is 11.8. The van der Waals surface area contributed by atoms with Crippen LogP contribution in [-0.2, 0) is 19.0 Å². The van der Waals surface area contributed by atoms with Crippen LogP contribution in [0, 0.1) is 0 Å². The van der Waals surface area contributed by atoms with Crippen LogP contribution in [-0.4, -0.2) is 41.4 Å². The molecule has 1 rings (SSSR count). The van der Waals surface area contributed by atoms with Gasteiger partial charge in [-0.15, -0.1) is 0 Å². The third-order valence-corrected chi connectivity index (χ3v) is 5.86. The highest BCUT2D eigenvalue weighted by atomic mass is 35.5. The number of carbonyl (C=O) groups is 2. The lowest BCUT2D eigenvalue weighted by molar-refractivity contribution is -0.155. The highest BCUT2D eigenvalue weighted by Gasteiger charge is 2.26. The summed E-state index contributed by atoms with van der Waals surface area (Å²) < 4.78 is 14.6. The first kappa shape index (κ1) is 18.8. The molecular formula is C13H21ClO5S2. The van der Waals surface area contributed by atoms with Crippen LogP contribution in [0.2, 0.25) is 0 Å². The quantitative estimate of drug-likeness (QED) is 0.370. The number of rotatable bonds is 8. The first-order valence-corrected chi connectivity index (χ1v) is 9.81. The summed E-state index contributed by atoms with van der Waals surface area (Å²) in [4.78, 5) is 23.2. The van der Waals surface area contributed by atoms with Gasteiger partial charge in [-0.25, -0.2) is 9.59 Å². The van der Waals surface area contributed by atoms with E-state index in [-0.39, 0.29) is 6.61 Å². The number of esters is 1. The molecule has 0 saturated carbocycles. The minimum absolute atomic E-state index is 0.245. The summed E-state index contributed by atoms with van der Waals surface area (Å²) in [6.45, 7) is 3.45. The van der Waals surface area contributed by atoms with Gasteiger partial charge in [0, 0.05) is 11.0 Å². The fourth-order valence-electron chi connectivity index (χ4n) is 1.83. The van der Waals surface area contributed by atoms with Crippen molar-refractivity contribution in [3.05, 3.63) is 0 Å². The second kappa shape index (κ2) is 10.5. The summed E-state index contributed by atoms with van der Waals surface area (Å²) in [6, 6.07) is 0. The van der Waals surface area contributed by atoms with Gasteiger partial charge in [-0.1, -0.05) is 33.2 Å². The van der Waals surface area contributed by atoms with Gasteiger partial charge in [-0.05, 0) is 39.5 Å². The third kappa shape index (κ3) is 8.07. The molecule has 0 N–H and O–H groups in total. The zero-order chi connectivity index (χ0) is 15.7.